The van der Waals surface area contributed by atoms with Gasteiger partial charge < -0.3 is 20.2 Å². The molecule has 0 aromatic heterocycles. The first-order chi connectivity index (χ1) is 15.2. The van der Waals surface area contributed by atoms with E-state index in [1.54, 1.807) is 0 Å². The maximum Gasteiger partial charge on any atom is 0.0461 e. The maximum atomic E-state index is 9.08. The van der Waals surface area contributed by atoms with Crippen molar-refractivity contribution in [2.24, 2.45) is 0 Å². The first kappa shape index (κ1) is 23.0. The average Bonchev–Trinajstić information content (AvgIpc) is 2.82. The quantitative estimate of drug-likeness (QED) is 0.389. The molecular weight excluding hydrogens is 386 g/mol. The van der Waals surface area contributed by atoms with E-state index in [-0.39, 0.29) is 19.8 Å². The van der Waals surface area contributed by atoms with Crippen LogP contribution in [0.1, 0.15) is 36.0 Å². The van der Waals surface area contributed by atoms with Crippen molar-refractivity contribution in [1.82, 2.24) is 0 Å². The van der Waals surface area contributed by atoms with Gasteiger partial charge in [-0.25, -0.2) is 0 Å². The van der Waals surface area contributed by atoms with Gasteiger partial charge in [0.15, 0.2) is 0 Å². The lowest BCUT2D eigenvalue weighted by molar-refractivity contribution is 0.288. The molecule has 4 heteroatoms. The SMILES string of the molecule is OCCCc1ccc(N(c2ccc(CCCO)cc2)c2ccc(CCCO)cc2)cc1. The third kappa shape index (κ3) is 6.66. The summed E-state index contributed by atoms with van der Waals surface area (Å²) >= 11 is 0. The van der Waals surface area contributed by atoms with Crippen molar-refractivity contribution in [1.29, 1.82) is 0 Å². The van der Waals surface area contributed by atoms with Crippen LogP contribution in [0.5, 0.6) is 0 Å². The minimum atomic E-state index is 0.207. The van der Waals surface area contributed by atoms with Gasteiger partial charge in [0, 0.05) is 36.9 Å². The number of aliphatic hydroxyl groups excluding tert-OH is 3. The Morgan fingerprint density at radius 2 is 0.677 bits per heavy atom. The van der Waals surface area contributed by atoms with Gasteiger partial charge in [0.25, 0.3) is 0 Å². The zero-order valence-corrected chi connectivity index (χ0v) is 18.1. The van der Waals surface area contributed by atoms with Gasteiger partial charge in [0.2, 0.25) is 0 Å². The summed E-state index contributed by atoms with van der Waals surface area (Å²) < 4.78 is 0. The molecule has 0 spiro atoms. The molecule has 0 aliphatic carbocycles. The molecule has 3 aromatic carbocycles. The first-order valence-corrected chi connectivity index (χ1v) is 11.1. The molecule has 4 nitrogen and oxygen atoms in total. The monoisotopic (exact) mass is 419 g/mol. The summed E-state index contributed by atoms with van der Waals surface area (Å²) in [5.41, 5.74) is 6.90. The van der Waals surface area contributed by atoms with Crippen molar-refractivity contribution in [3.8, 4) is 0 Å². The Morgan fingerprint density at radius 1 is 0.419 bits per heavy atom. The lowest BCUT2D eigenvalue weighted by Gasteiger charge is -2.26. The lowest BCUT2D eigenvalue weighted by Crippen LogP contribution is -2.10. The van der Waals surface area contributed by atoms with E-state index in [0.717, 1.165) is 55.6 Å². The Morgan fingerprint density at radius 3 is 0.903 bits per heavy atom. The normalized spacial score (nSPS) is 10.9. The van der Waals surface area contributed by atoms with E-state index in [2.05, 4.69) is 77.7 Å². The largest absolute Gasteiger partial charge is 0.396 e. The van der Waals surface area contributed by atoms with Gasteiger partial charge in [-0.1, -0.05) is 36.4 Å². The number of hydrogen-bond donors (Lipinski definition) is 3. The van der Waals surface area contributed by atoms with E-state index in [0.29, 0.717) is 0 Å². The van der Waals surface area contributed by atoms with Crippen LogP contribution in [0, 0.1) is 0 Å². The fourth-order valence-corrected chi connectivity index (χ4v) is 3.73. The van der Waals surface area contributed by atoms with Crippen LogP contribution in [0.2, 0.25) is 0 Å². The minimum absolute atomic E-state index is 0.207. The number of benzene rings is 3. The van der Waals surface area contributed by atoms with Crippen LogP contribution in [-0.2, 0) is 19.3 Å². The van der Waals surface area contributed by atoms with E-state index in [1.807, 2.05) is 0 Å². The summed E-state index contributed by atoms with van der Waals surface area (Å²) in [5, 5.41) is 27.3. The number of aryl methyl sites for hydroxylation is 3. The predicted octanol–water partition coefficient (Wildman–Crippen LogP) is 4.93. The van der Waals surface area contributed by atoms with Crippen LogP contribution in [0.3, 0.4) is 0 Å². The smallest absolute Gasteiger partial charge is 0.0461 e. The van der Waals surface area contributed by atoms with Gasteiger partial charge in [0.1, 0.15) is 0 Å². The van der Waals surface area contributed by atoms with Crippen molar-refractivity contribution < 1.29 is 15.3 Å². The van der Waals surface area contributed by atoms with Gasteiger partial charge in [-0.3, -0.25) is 0 Å². The highest BCUT2D eigenvalue weighted by Crippen LogP contribution is 2.35. The zero-order valence-electron chi connectivity index (χ0n) is 18.1. The van der Waals surface area contributed by atoms with Crippen LogP contribution in [-0.4, -0.2) is 35.1 Å². The second-order valence-electron chi connectivity index (χ2n) is 7.82. The van der Waals surface area contributed by atoms with E-state index in [4.69, 9.17) is 15.3 Å². The molecule has 31 heavy (non-hydrogen) atoms. The molecular formula is C27H33NO3. The standard InChI is InChI=1S/C27H33NO3/c29-19-1-4-22-7-13-25(14-8-22)28(26-15-9-23(10-16-26)5-2-20-30)27-17-11-24(12-18-27)6-3-21-31/h7-18,29-31H,1-6,19-21H2. The van der Waals surface area contributed by atoms with E-state index >= 15 is 0 Å². The van der Waals surface area contributed by atoms with Gasteiger partial charge in [-0.05, 0) is 91.6 Å². The number of nitrogens with zero attached hydrogens (tertiary/aromatic N) is 1. The van der Waals surface area contributed by atoms with Gasteiger partial charge in [-0.2, -0.15) is 0 Å². The summed E-state index contributed by atoms with van der Waals surface area (Å²) in [7, 11) is 0. The predicted molar refractivity (Wildman–Crippen MR) is 127 cm³/mol. The number of anilines is 3. The molecule has 0 bridgehead atoms. The van der Waals surface area contributed by atoms with Crippen LogP contribution in [0.4, 0.5) is 17.1 Å². The molecule has 3 rings (SSSR count). The highest BCUT2D eigenvalue weighted by molar-refractivity contribution is 5.76. The van der Waals surface area contributed by atoms with Crippen molar-refractivity contribution in [2.45, 2.75) is 38.5 Å². The minimum Gasteiger partial charge on any atom is -0.396 e. The first-order valence-electron chi connectivity index (χ1n) is 11.1. The molecule has 0 unspecified atom stereocenters. The lowest BCUT2D eigenvalue weighted by atomic mass is 10.1. The molecule has 3 aromatic rings. The fourth-order valence-electron chi connectivity index (χ4n) is 3.73. The van der Waals surface area contributed by atoms with Crippen molar-refractivity contribution >= 4 is 17.1 Å². The van der Waals surface area contributed by atoms with Crippen molar-refractivity contribution in [2.75, 3.05) is 24.7 Å². The second kappa shape index (κ2) is 12.3. The Labute approximate surface area is 185 Å². The third-order valence-corrected chi connectivity index (χ3v) is 5.45. The highest BCUT2D eigenvalue weighted by atomic mass is 16.3. The third-order valence-electron chi connectivity index (χ3n) is 5.45. The summed E-state index contributed by atoms with van der Waals surface area (Å²) in [5.74, 6) is 0. The van der Waals surface area contributed by atoms with Crippen molar-refractivity contribution in [3.05, 3.63) is 89.5 Å². The fraction of sp³-hybridized carbons (Fsp3) is 0.333. The number of rotatable bonds is 12. The molecule has 0 amide bonds. The van der Waals surface area contributed by atoms with Crippen molar-refractivity contribution in [3.63, 3.8) is 0 Å². The Balaban J connectivity index is 1.90. The average molecular weight is 420 g/mol. The maximum absolute atomic E-state index is 9.08. The Kier molecular flexibility index (Phi) is 9.10. The Bertz CT molecular complexity index is 767. The van der Waals surface area contributed by atoms with E-state index in [9.17, 15) is 0 Å². The number of aliphatic hydroxyl groups is 3. The second-order valence-corrected chi connectivity index (χ2v) is 7.82. The van der Waals surface area contributed by atoms with Crippen LogP contribution < -0.4 is 4.90 Å². The van der Waals surface area contributed by atoms with E-state index < -0.39 is 0 Å². The molecule has 0 aliphatic heterocycles. The van der Waals surface area contributed by atoms with Crippen LogP contribution in [0.15, 0.2) is 72.8 Å². The Hall–Kier alpha value is -2.66. The topological polar surface area (TPSA) is 63.9 Å². The van der Waals surface area contributed by atoms with Gasteiger partial charge >= 0.3 is 0 Å². The summed E-state index contributed by atoms with van der Waals surface area (Å²) in [4.78, 5) is 2.24. The molecule has 0 fully saturated rings. The summed E-state index contributed by atoms with van der Waals surface area (Å²) in [6, 6.07) is 25.6. The zero-order chi connectivity index (χ0) is 21.9. The van der Waals surface area contributed by atoms with Crippen LogP contribution >= 0.6 is 0 Å². The van der Waals surface area contributed by atoms with Gasteiger partial charge in [-0.15, -0.1) is 0 Å². The van der Waals surface area contributed by atoms with Gasteiger partial charge in [0.05, 0.1) is 0 Å². The van der Waals surface area contributed by atoms with Crippen LogP contribution in [0.25, 0.3) is 0 Å². The summed E-state index contributed by atoms with van der Waals surface area (Å²) in [6.45, 7) is 0.622. The highest BCUT2D eigenvalue weighted by Gasteiger charge is 2.13. The molecule has 0 heterocycles. The molecule has 0 atom stereocenters. The number of hydrogen-bond acceptors (Lipinski definition) is 4. The van der Waals surface area contributed by atoms with E-state index in [1.165, 1.54) is 16.7 Å². The molecule has 3 N–H and O–H groups in total. The molecule has 0 radical (unpaired) electrons. The summed E-state index contributed by atoms with van der Waals surface area (Å²) in [6.07, 6.45) is 4.93. The molecule has 164 valence electrons. The molecule has 0 saturated heterocycles. The molecule has 0 aliphatic rings. The molecule has 0 saturated carbocycles.